The molecule has 0 radical (unpaired) electrons. The normalized spacial score (nSPS) is 10.5. The summed E-state index contributed by atoms with van der Waals surface area (Å²) in [5.74, 6) is 1.46. The van der Waals surface area contributed by atoms with Crippen molar-refractivity contribution in [1.29, 1.82) is 0 Å². The van der Waals surface area contributed by atoms with Crippen LogP contribution in [-0.2, 0) is 13.1 Å². The fourth-order valence-electron chi connectivity index (χ4n) is 2.02. The molecule has 0 bridgehead atoms. The molecule has 2 rings (SSSR count). The number of rotatable bonds is 6. The van der Waals surface area contributed by atoms with Gasteiger partial charge in [-0.3, -0.25) is 0 Å². The van der Waals surface area contributed by atoms with Gasteiger partial charge in [-0.1, -0.05) is 44.0 Å². The molecule has 0 spiro atoms. The number of hydrogen-bond acceptors (Lipinski definition) is 3. The molecule has 0 aliphatic carbocycles. The van der Waals surface area contributed by atoms with Crippen LogP contribution in [0, 0.1) is 0 Å². The van der Waals surface area contributed by atoms with Gasteiger partial charge in [-0.05, 0) is 35.4 Å². The molecule has 0 amide bonds. The van der Waals surface area contributed by atoms with E-state index < -0.39 is 0 Å². The van der Waals surface area contributed by atoms with Gasteiger partial charge in [0, 0.05) is 22.0 Å². The Kier molecular flexibility index (Phi) is 6.08. The molecular weight excluding hydrogens is 398 g/mol. The Morgan fingerprint density at radius 1 is 0.952 bits per heavy atom. The highest BCUT2D eigenvalue weighted by Gasteiger charge is 2.09. The number of halogens is 2. The van der Waals surface area contributed by atoms with Crippen molar-refractivity contribution in [1.82, 2.24) is 5.32 Å². The zero-order chi connectivity index (χ0) is 15.2. The summed E-state index contributed by atoms with van der Waals surface area (Å²) in [7, 11) is 3.28. The van der Waals surface area contributed by atoms with Gasteiger partial charge >= 0.3 is 0 Å². The predicted octanol–water partition coefficient (Wildman–Crippen LogP) is 4.52. The maximum Gasteiger partial charge on any atom is 0.161 e. The lowest BCUT2D eigenvalue weighted by Crippen LogP contribution is -2.13. The van der Waals surface area contributed by atoms with Gasteiger partial charge < -0.3 is 14.8 Å². The second-order valence-electron chi connectivity index (χ2n) is 4.53. The minimum atomic E-state index is 0.722. The molecule has 0 fully saturated rings. The Hall–Kier alpha value is -1.04. The molecule has 2 aromatic carbocycles. The molecular formula is C16H17Br2NO2. The Morgan fingerprint density at radius 2 is 1.67 bits per heavy atom. The number of nitrogens with one attached hydrogen (secondary N) is 1. The summed E-state index contributed by atoms with van der Waals surface area (Å²) in [5.41, 5.74) is 2.36. The van der Waals surface area contributed by atoms with Crippen LogP contribution in [0.25, 0.3) is 0 Å². The van der Waals surface area contributed by atoms with Crippen molar-refractivity contribution in [3.63, 3.8) is 0 Å². The van der Waals surface area contributed by atoms with E-state index in [1.54, 1.807) is 14.2 Å². The van der Waals surface area contributed by atoms with Crippen molar-refractivity contribution in [3.05, 3.63) is 56.5 Å². The predicted molar refractivity (Wildman–Crippen MR) is 91.9 cm³/mol. The van der Waals surface area contributed by atoms with Crippen LogP contribution >= 0.6 is 31.9 Å². The fraction of sp³-hybridized carbons (Fsp3) is 0.250. The molecule has 0 aromatic heterocycles. The first-order chi connectivity index (χ1) is 10.1. The number of benzene rings is 2. The molecule has 0 saturated carbocycles. The van der Waals surface area contributed by atoms with E-state index in [2.05, 4.69) is 49.3 Å². The van der Waals surface area contributed by atoms with Crippen LogP contribution < -0.4 is 14.8 Å². The Balaban J connectivity index is 2.03. The molecule has 3 nitrogen and oxygen atoms in total. The van der Waals surface area contributed by atoms with Gasteiger partial charge in [0.05, 0.1) is 14.2 Å². The SMILES string of the molecule is COc1cc(Br)c(CNCc2cccc(Br)c2)cc1OC. The summed E-state index contributed by atoms with van der Waals surface area (Å²) in [4.78, 5) is 0. The molecule has 0 aliphatic heterocycles. The molecule has 0 aliphatic rings. The van der Waals surface area contributed by atoms with Crippen LogP contribution in [-0.4, -0.2) is 14.2 Å². The van der Waals surface area contributed by atoms with Crippen LogP contribution in [0.1, 0.15) is 11.1 Å². The number of hydrogen-bond donors (Lipinski definition) is 1. The topological polar surface area (TPSA) is 30.5 Å². The van der Waals surface area contributed by atoms with Gasteiger partial charge in [0.15, 0.2) is 11.5 Å². The van der Waals surface area contributed by atoms with Crippen LogP contribution in [0.5, 0.6) is 11.5 Å². The standard InChI is InChI=1S/C16H17Br2NO2/c1-20-15-7-12(14(18)8-16(15)21-2)10-19-9-11-4-3-5-13(17)6-11/h3-8,19H,9-10H2,1-2H3. The third kappa shape index (κ3) is 4.46. The zero-order valence-electron chi connectivity index (χ0n) is 12.0. The monoisotopic (exact) mass is 413 g/mol. The second kappa shape index (κ2) is 7.82. The molecule has 0 heterocycles. The number of methoxy groups -OCH3 is 2. The molecule has 0 atom stereocenters. The van der Waals surface area contributed by atoms with Crippen molar-refractivity contribution in [2.75, 3.05) is 14.2 Å². The van der Waals surface area contributed by atoms with Crippen LogP contribution in [0.4, 0.5) is 0 Å². The van der Waals surface area contributed by atoms with E-state index in [1.807, 2.05) is 24.3 Å². The Labute approximate surface area is 141 Å². The average Bonchev–Trinajstić information content (AvgIpc) is 2.48. The van der Waals surface area contributed by atoms with E-state index in [0.29, 0.717) is 0 Å². The number of ether oxygens (including phenoxy) is 2. The van der Waals surface area contributed by atoms with E-state index in [-0.39, 0.29) is 0 Å². The third-order valence-corrected chi connectivity index (χ3v) is 4.32. The van der Waals surface area contributed by atoms with E-state index in [1.165, 1.54) is 5.56 Å². The molecule has 0 unspecified atom stereocenters. The highest BCUT2D eigenvalue weighted by molar-refractivity contribution is 9.10. The lowest BCUT2D eigenvalue weighted by atomic mass is 10.2. The van der Waals surface area contributed by atoms with Crippen molar-refractivity contribution in [2.45, 2.75) is 13.1 Å². The second-order valence-corrected chi connectivity index (χ2v) is 6.30. The lowest BCUT2D eigenvalue weighted by molar-refractivity contribution is 0.354. The largest absolute Gasteiger partial charge is 0.493 e. The lowest BCUT2D eigenvalue weighted by Gasteiger charge is -2.12. The smallest absolute Gasteiger partial charge is 0.161 e. The zero-order valence-corrected chi connectivity index (χ0v) is 15.1. The van der Waals surface area contributed by atoms with Gasteiger partial charge in [0.1, 0.15) is 0 Å². The maximum atomic E-state index is 5.33. The minimum absolute atomic E-state index is 0.722. The van der Waals surface area contributed by atoms with Crippen molar-refractivity contribution < 1.29 is 9.47 Å². The quantitative estimate of drug-likeness (QED) is 0.753. The van der Waals surface area contributed by atoms with Gasteiger partial charge in [0.25, 0.3) is 0 Å². The molecule has 5 heteroatoms. The Morgan fingerprint density at radius 3 is 2.33 bits per heavy atom. The summed E-state index contributed by atoms with van der Waals surface area (Å²) in [6, 6.07) is 12.2. The van der Waals surface area contributed by atoms with Crippen LogP contribution in [0.2, 0.25) is 0 Å². The highest BCUT2D eigenvalue weighted by Crippen LogP contribution is 2.33. The average molecular weight is 415 g/mol. The van der Waals surface area contributed by atoms with E-state index in [9.17, 15) is 0 Å². The van der Waals surface area contributed by atoms with E-state index in [0.717, 1.165) is 39.1 Å². The van der Waals surface area contributed by atoms with E-state index in [4.69, 9.17) is 9.47 Å². The summed E-state index contributed by atoms with van der Waals surface area (Å²) in [6.45, 7) is 1.55. The molecule has 2 aromatic rings. The van der Waals surface area contributed by atoms with E-state index >= 15 is 0 Å². The fourth-order valence-corrected chi connectivity index (χ4v) is 2.93. The minimum Gasteiger partial charge on any atom is -0.493 e. The van der Waals surface area contributed by atoms with Gasteiger partial charge in [-0.25, -0.2) is 0 Å². The van der Waals surface area contributed by atoms with Crippen molar-refractivity contribution >= 4 is 31.9 Å². The Bertz CT molecular complexity index is 617. The summed E-state index contributed by atoms with van der Waals surface area (Å²) >= 11 is 7.05. The first kappa shape index (κ1) is 16.3. The van der Waals surface area contributed by atoms with Gasteiger partial charge in [0.2, 0.25) is 0 Å². The summed E-state index contributed by atoms with van der Waals surface area (Å²) in [6.07, 6.45) is 0. The van der Waals surface area contributed by atoms with Crippen molar-refractivity contribution in [3.8, 4) is 11.5 Å². The van der Waals surface area contributed by atoms with Gasteiger partial charge in [-0.15, -0.1) is 0 Å². The van der Waals surface area contributed by atoms with Crippen molar-refractivity contribution in [2.24, 2.45) is 0 Å². The molecule has 112 valence electrons. The van der Waals surface area contributed by atoms with Crippen LogP contribution in [0.15, 0.2) is 45.3 Å². The third-order valence-electron chi connectivity index (χ3n) is 3.09. The summed E-state index contributed by atoms with van der Waals surface area (Å²) in [5, 5.41) is 3.43. The van der Waals surface area contributed by atoms with Gasteiger partial charge in [-0.2, -0.15) is 0 Å². The molecule has 1 N–H and O–H groups in total. The first-order valence-corrected chi connectivity index (χ1v) is 8.08. The molecule has 0 saturated heterocycles. The first-order valence-electron chi connectivity index (χ1n) is 6.49. The maximum absolute atomic E-state index is 5.33. The van der Waals surface area contributed by atoms with Crippen LogP contribution in [0.3, 0.4) is 0 Å². The highest BCUT2D eigenvalue weighted by atomic mass is 79.9. The molecule has 21 heavy (non-hydrogen) atoms. The summed E-state index contributed by atoms with van der Waals surface area (Å²) < 4.78 is 12.7.